The predicted octanol–water partition coefficient (Wildman–Crippen LogP) is 4.27. The molecule has 2 aromatic carbocycles. The minimum absolute atomic E-state index is 0.228. The zero-order chi connectivity index (χ0) is 12.9. The Hall–Kier alpha value is -1.04. The number of hydrogen-bond donors (Lipinski definition) is 0. The maximum atomic E-state index is 14.0. The van der Waals surface area contributed by atoms with Gasteiger partial charge in [-0.2, -0.15) is 0 Å². The van der Waals surface area contributed by atoms with Crippen molar-refractivity contribution in [2.75, 3.05) is 0 Å². The largest absolute Gasteiger partial charge is 0.456 e. The van der Waals surface area contributed by atoms with Crippen molar-refractivity contribution in [2.24, 2.45) is 0 Å². The highest BCUT2D eigenvalue weighted by atomic mass is 32.0. The van der Waals surface area contributed by atoms with Gasteiger partial charge in [0.1, 0.15) is 11.2 Å². The van der Waals surface area contributed by atoms with Crippen LogP contribution in [0.15, 0.2) is 28.7 Å². The van der Waals surface area contributed by atoms with Gasteiger partial charge in [-0.1, -0.05) is 14.3 Å². The number of hydrogen-bond acceptors (Lipinski definition) is 1. The number of aryl methyl sites for hydroxylation is 1. The van der Waals surface area contributed by atoms with Crippen LogP contribution in [0.3, 0.4) is 0 Å². The van der Waals surface area contributed by atoms with Crippen molar-refractivity contribution in [1.82, 2.24) is 0 Å². The molecule has 1 nitrogen and oxygen atoms in total. The molecular weight excluding hydrogens is 272 g/mol. The number of fused-ring (bicyclic) bond motifs is 3. The predicted molar refractivity (Wildman–Crippen MR) is 76.0 cm³/mol. The van der Waals surface area contributed by atoms with Crippen LogP contribution < -0.4 is 5.30 Å². The topological polar surface area (TPSA) is 13.1 Å². The van der Waals surface area contributed by atoms with Gasteiger partial charge in [0.15, 0.2) is 11.6 Å². The first-order valence-electron chi connectivity index (χ1n) is 5.39. The van der Waals surface area contributed by atoms with E-state index in [4.69, 9.17) is 4.42 Å². The average Bonchev–Trinajstić information content (AvgIpc) is 2.72. The van der Waals surface area contributed by atoms with Gasteiger partial charge in [-0.25, -0.2) is 8.78 Å². The molecule has 0 bridgehead atoms. The molecule has 1 aromatic heterocycles. The van der Waals surface area contributed by atoms with E-state index in [2.05, 4.69) is 8.93 Å². The van der Waals surface area contributed by atoms with Crippen molar-refractivity contribution in [2.45, 2.75) is 6.92 Å². The van der Waals surface area contributed by atoms with Crippen LogP contribution in [0.1, 0.15) is 5.56 Å². The van der Waals surface area contributed by atoms with Crippen LogP contribution in [-0.4, -0.2) is 0 Å². The Labute approximate surface area is 106 Å². The summed E-state index contributed by atoms with van der Waals surface area (Å²) in [6.45, 7) is 1.53. The highest BCUT2D eigenvalue weighted by Crippen LogP contribution is 2.33. The number of benzene rings is 2. The molecule has 3 aromatic rings. The second kappa shape index (κ2) is 4.26. The van der Waals surface area contributed by atoms with Gasteiger partial charge in [0.2, 0.25) is 0 Å². The van der Waals surface area contributed by atoms with E-state index in [0.717, 1.165) is 5.30 Å². The smallest absolute Gasteiger partial charge is 0.170 e. The van der Waals surface area contributed by atoms with Crippen LogP contribution in [-0.2, 0) is 0 Å². The van der Waals surface area contributed by atoms with Crippen molar-refractivity contribution < 1.29 is 13.2 Å². The molecule has 92 valence electrons. The van der Waals surface area contributed by atoms with E-state index in [1.165, 1.54) is 13.0 Å². The van der Waals surface area contributed by atoms with Gasteiger partial charge in [0.05, 0.1) is 5.39 Å². The fourth-order valence-electron chi connectivity index (χ4n) is 2.08. The monoisotopic (exact) mass is 282 g/mol. The summed E-state index contributed by atoms with van der Waals surface area (Å²) in [5, 5.41) is 1.95. The number of rotatable bonds is 1. The van der Waals surface area contributed by atoms with Gasteiger partial charge in [0.25, 0.3) is 0 Å². The van der Waals surface area contributed by atoms with Crippen LogP contribution in [0.5, 0.6) is 0 Å². The third-order valence-corrected chi connectivity index (χ3v) is 4.63. The Kier molecular flexibility index (Phi) is 2.84. The molecule has 0 aliphatic rings. The molecule has 2 unspecified atom stereocenters. The Morgan fingerprint density at radius 2 is 1.89 bits per heavy atom. The molecule has 2 atom stereocenters. The lowest BCUT2D eigenvalue weighted by molar-refractivity contribution is 0.510. The summed E-state index contributed by atoms with van der Waals surface area (Å²) < 4.78 is 33.2. The number of halogens is 2. The first kappa shape index (κ1) is 12.0. The quantitative estimate of drug-likeness (QED) is 0.608. The molecular formula is C13H10F2OP2. The summed E-state index contributed by atoms with van der Waals surface area (Å²) in [5.41, 5.74) is 1.25. The Balaban J connectivity index is 2.48. The van der Waals surface area contributed by atoms with Crippen LogP contribution in [0.4, 0.5) is 8.78 Å². The molecule has 0 amide bonds. The van der Waals surface area contributed by atoms with E-state index in [-0.39, 0.29) is 10.9 Å². The van der Waals surface area contributed by atoms with Gasteiger partial charge in [0, 0.05) is 5.39 Å². The maximum absolute atomic E-state index is 14.0. The van der Waals surface area contributed by atoms with Gasteiger partial charge in [-0.05, 0) is 36.0 Å². The molecule has 0 aliphatic carbocycles. The van der Waals surface area contributed by atoms with E-state index in [0.29, 0.717) is 24.8 Å². The van der Waals surface area contributed by atoms with Gasteiger partial charge in [-0.15, -0.1) is 8.93 Å². The minimum Gasteiger partial charge on any atom is -0.456 e. The van der Waals surface area contributed by atoms with Crippen molar-refractivity contribution in [3.63, 3.8) is 0 Å². The van der Waals surface area contributed by atoms with E-state index in [1.54, 1.807) is 6.07 Å². The van der Waals surface area contributed by atoms with Crippen molar-refractivity contribution >= 4 is 44.4 Å². The third-order valence-electron chi connectivity index (χ3n) is 2.99. The Morgan fingerprint density at radius 3 is 2.61 bits per heavy atom. The molecule has 0 saturated carbocycles. The molecule has 18 heavy (non-hydrogen) atoms. The molecule has 1 heterocycles. The lowest BCUT2D eigenvalue weighted by Gasteiger charge is -1.99. The van der Waals surface area contributed by atoms with Crippen molar-refractivity contribution in [1.29, 1.82) is 0 Å². The third kappa shape index (κ3) is 1.66. The first-order chi connectivity index (χ1) is 8.61. The second-order valence-electron chi connectivity index (χ2n) is 4.15. The molecule has 3 rings (SSSR count). The van der Waals surface area contributed by atoms with Gasteiger partial charge >= 0.3 is 0 Å². The highest BCUT2D eigenvalue weighted by molar-refractivity contribution is 8.06. The van der Waals surface area contributed by atoms with E-state index < -0.39 is 11.6 Å². The summed E-state index contributed by atoms with van der Waals surface area (Å²) in [7, 11) is 3.21. The SMILES string of the molecule is Cc1cc2oc3cc(PP)ccc3c2c(F)c1F. The standard InChI is InChI=1S/C13H10F2OP2/c1-6-4-10-11(13(15)12(6)14)8-3-2-7(18-17)5-9(8)16-10/h2-5,18H,17H2,1H3. The summed E-state index contributed by atoms with van der Waals surface area (Å²) in [6, 6.07) is 7.09. The van der Waals surface area contributed by atoms with Crippen LogP contribution in [0.2, 0.25) is 0 Å². The maximum Gasteiger partial charge on any atom is 0.170 e. The molecule has 0 N–H and O–H groups in total. The van der Waals surface area contributed by atoms with E-state index in [1.807, 2.05) is 12.1 Å². The first-order valence-corrected chi connectivity index (χ1v) is 8.20. The zero-order valence-electron chi connectivity index (χ0n) is 9.55. The minimum atomic E-state index is -0.829. The Bertz CT molecular complexity index is 765. The molecule has 5 heteroatoms. The summed E-state index contributed by atoms with van der Waals surface area (Å²) in [6.07, 6.45) is 0. The van der Waals surface area contributed by atoms with Crippen LogP contribution in [0.25, 0.3) is 21.9 Å². The van der Waals surface area contributed by atoms with Crippen molar-refractivity contribution in [3.8, 4) is 0 Å². The average molecular weight is 282 g/mol. The van der Waals surface area contributed by atoms with E-state index >= 15 is 0 Å². The highest BCUT2D eigenvalue weighted by Gasteiger charge is 2.17. The van der Waals surface area contributed by atoms with Crippen LogP contribution >= 0.6 is 17.2 Å². The fourth-order valence-corrected chi connectivity index (χ4v) is 3.01. The Morgan fingerprint density at radius 1 is 1.11 bits per heavy atom. The summed E-state index contributed by atoms with van der Waals surface area (Å²) in [5.74, 6) is -1.63. The molecule has 0 fully saturated rings. The van der Waals surface area contributed by atoms with Gasteiger partial charge < -0.3 is 4.42 Å². The summed E-state index contributed by atoms with van der Waals surface area (Å²) >= 11 is 0. The lowest BCUT2D eigenvalue weighted by Crippen LogP contribution is -1.90. The second-order valence-corrected chi connectivity index (χ2v) is 5.88. The number of furan rings is 1. The fraction of sp³-hybridized carbons (Fsp3) is 0.0769. The van der Waals surface area contributed by atoms with E-state index in [9.17, 15) is 8.78 Å². The molecule has 0 radical (unpaired) electrons. The molecule has 0 saturated heterocycles. The van der Waals surface area contributed by atoms with Crippen LogP contribution in [0, 0.1) is 18.6 Å². The lowest BCUT2D eigenvalue weighted by atomic mass is 10.1. The summed E-state index contributed by atoms with van der Waals surface area (Å²) in [4.78, 5) is 0. The molecule has 0 aliphatic heterocycles. The van der Waals surface area contributed by atoms with Crippen molar-refractivity contribution in [3.05, 3.63) is 41.5 Å². The van der Waals surface area contributed by atoms with Gasteiger partial charge in [-0.3, -0.25) is 0 Å². The normalized spacial score (nSPS) is 12.2. The zero-order valence-corrected chi connectivity index (χ0v) is 11.7. The molecule has 0 spiro atoms.